The Morgan fingerprint density at radius 1 is 1.40 bits per heavy atom. The zero-order chi connectivity index (χ0) is 10.7. The van der Waals surface area contributed by atoms with Crippen LogP contribution in [0.15, 0.2) is 12.1 Å². The molecule has 3 N–H and O–H groups in total. The molecule has 0 aliphatic heterocycles. The highest BCUT2D eigenvalue weighted by Gasteiger charge is 2.04. The molecule has 0 unspecified atom stereocenters. The summed E-state index contributed by atoms with van der Waals surface area (Å²) < 4.78 is 5.29. The van der Waals surface area contributed by atoms with Gasteiger partial charge in [-0.2, -0.15) is 4.98 Å². The number of ether oxygens (including phenoxy) is 1. The molecule has 5 nitrogen and oxygen atoms in total. The SMILES string of the molecule is CCOc1ccc2[nH]c(CCN)nc2n1. The van der Waals surface area contributed by atoms with E-state index in [-0.39, 0.29) is 0 Å². The van der Waals surface area contributed by atoms with Crippen molar-refractivity contribution >= 4 is 11.2 Å². The van der Waals surface area contributed by atoms with Crippen molar-refractivity contribution in [1.82, 2.24) is 15.0 Å². The molecule has 2 rings (SSSR count). The van der Waals surface area contributed by atoms with Crippen LogP contribution in [0.25, 0.3) is 11.2 Å². The van der Waals surface area contributed by atoms with E-state index < -0.39 is 0 Å². The van der Waals surface area contributed by atoms with Gasteiger partial charge in [0.25, 0.3) is 0 Å². The summed E-state index contributed by atoms with van der Waals surface area (Å²) in [5.74, 6) is 1.48. The second-order valence-electron chi connectivity index (χ2n) is 3.18. The molecule has 0 aliphatic carbocycles. The molecule has 0 fully saturated rings. The van der Waals surface area contributed by atoms with Gasteiger partial charge in [0.1, 0.15) is 5.82 Å². The van der Waals surface area contributed by atoms with Crippen LogP contribution in [0, 0.1) is 0 Å². The van der Waals surface area contributed by atoms with Crippen LogP contribution in [0.3, 0.4) is 0 Å². The molecule has 2 aromatic rings. The van der Waals surface area contributed by atoms with Crippen LogP contribution in [0.5, 0.6) is 5.88 Å². The Labute approximate surface area is 87.7 Å². The summed E-state index contributed by atoms with van der Waals surface area (Å²) in [5, 5.41) is 0. The van der Waals surface area contributed by atoms with Crippen molar-refractivity contribution < 1.29 is 4.74 Å². The minimum atomic E-state index is 0.581. The number of aromatic amines is 1. The first-order chi connectivity index (χ1) is 7.33. The monoisotopic (exact) mass is 206 g/mol. The normalized spacial score (nSPS) is 10.8. The van der Waals surface area contributed by atoms with Crippen molar-refractivity contribution in [1.29, 1.82) is 0 Å². The number of H-pyrrole nitrogens is 1. The summed E-state index contributed by atoms with van der Waals surface area (Å²) in [6, 6.07) is 3.75. The van der Waals surface area contributed by atoms with E-state index in [1.807, 2.05) is 19.1 Å². The van der Waals surface area contributed by atoms with Gasteiger partial charge in [-0.25, -0.2) is 4.98 Å². The Bertz CT molecular complexity index is 448. The highest BCUT2D eigenvalue weighted by atomic mass is 16.5. The van der Waals surface area contributed by atoms with E-state index in [4.69, 9.17) is 10.5 Å². The molecule has 0 amide bonds. The second kappa shape index (κ2) is 4.27. The predicted molar refractivity (Wildman–Crippen MR) is 57.8 cm³/mol. The van der Waals surface area contributed by atoms with E-state index >= 15 is 0 Å². The van der Waals surface area contributed by atoms with Crippen molar-refractivity contribution in [2.24, 2.45) is 5.73 Å². The lowest BCUT2D eigenvalue weighted by atomic mass is 10.4. The average molecular weight is 206 g/mol. The van der Waals surface area contributed by atoms with E-state index in [9.17, 15) is 0 Å². The molecule has 0 spiro atoms. The molecule has 80 valence electrons. The fourth-order valence-electron chi connectivity index (χ4n) is 1.41. The standard InChI is InChI=1S/C10H14N4O/c1-2-15-9-4-3-7-10(14-9)13-8(12-7)5-6-11/h3-4H,2,5-6,11H2,1H3,(H,12,13,14). The summed E-state index contributed by atoms with van der Waals surface area (Å²) in [4.78, 5) is 11.7. The van der Waals surface area contributed by atoms with Crippen LogP contribution in [-0.4, -0.2) is 28.1 Å². The van der Waals surface area contributed by atoms with Crippen LogP contribution in [0.4, 0.5) is 0 Å². The second-order valence-corrected chi connectivity index (χ2v) is 3.18. The molecule has 2 heterocycles. The highest BCUT2D eigenvalue weighted by molar-refractivity contribution is 5.71. The summed E-state index contributed by atoms with van der Waals surface area (Å²) in [5.41, 5.74) is 7.06. The third-order valence-electron chi connectivity index (χ3n) is 2.04. The summed E-state index contributed by atoms with van der Waals surface area (Å²) in [6.45, 7) is 3.12. The van der Waals surface area contributed by atoms with Crippen LogP contribution >= 0.6 is 0 Å². The predicted octanol–water partition coefficient (Wildman–Crippen LogP) is 0.858. The maximum absolute atomic E-state index is 5.45. The van der Waals surface area contributed by atoms with Gasteiger partial charge in [0.05, 0.1) is 12.1 Å². The first kappa shape index (κ1) is 9.92. The number of imidazole rings is 1. The maximum Gasteiger partial charge on any atom is 0.215 e. The Kier molecular flexibility index (Phi) is 2.82. The van der Waals surface area contributed by atoms with E-state index in [2.05, 4.69) is 15.0 Å². The van der Waals surface area contributed by atoms with Gasteiger partial charge >= 0.3 is 0 Å². The van der Waals surface area contributed by atoms with Crippen molar-refractivity contribution in [3.05, 3.63) is 18.0 Å². The quantitative estimate of drug-likeness (QED) is 0.777. The number of fused-ring (bicyclic) bond motifs is 1. The maximum atomic E-state index is 5.45. The largest absolute Gasteiger partial charge is 0.478 e. The highest BCUT2D eigenvalue weighted by Crippen LogP contribution is 2.14. The van der Waals surface area contributed by atoms with Crippen molar-refractivity contribution in [3.8, 4) is 5.88 Å². The van der Waals surface area contributed by atoms with Gasteiger partial charge in [-0.05, 0) is 19.5 Å². The van der Waals surface area contributed by atoms with Crippen molar-refractivity contribution in [2.45, 2.75) is 13.3 Å². The van der Waals surface area contributed by atoms with Crippen LogP contribution in [-0.2, 0) is 6.42 Å². The van der Waals surface area contributed by atoms with Crippen molar-refractivity contribution in [3.63, 3.8) is 0 Å². The van der Waals surface area contributed by atoms with Gasteiger partial charge in [0.2, 0.25) is 5.88 Å². The minimum absolute atomic E-state index is 0.581. The molecule has 0 bridgehead atoms. The molecule has 5 heteroatoms. The van der Waals surface area contributed by atoms with Gasteiger partial charge in [0.15, 0.2) is 5.65 Å². The van der Waals surface area contributed by atoms with Gasteiger partial charge in [-0.1, -0.05) is 0 Å². The lowest BCUT2D eigenvalue weighted by molar-refractivity contribution is 0.328. The van der Waals surface area contributed by atoms with E-state index in [1.54, 1.807) is 0 Å². The average Bonchev–Trinajstić information content (AvgIpc) is 2.60. The number of rotatable bonds is 4. The summed E-state index contributed by atoms with van der Waals surface area (Å²) >= 11 is 0. The fourth-order valence-corrected chi connectivity index (χ4v) is 1.41. The third kappa shape index (κ3) is 2.07. The first-order valence-corrected chi connectivity index (χ1v) is 5.02. The van der Waals surface area contributed by atoms with E-state index in [0.29, 0.717) is 24.7 Å². The van der Waals surface area contributed by atoms with Gasteiger partial charge in [0, 0.05) is 12.5 Å². The molecular formula is C10H14N4O. The van der Waals surface area contributed by atoms with Gasteiger partial charge in [-0.15, -0.1) is 0 Å². The third-order valence-corrected chi connectivity index (χ3v) is 2.04. The lowest BCUT2D eigenvalue weighted by Gasteiger charge is -1.99. The first-order valence-electron chi connectivity index (χ1n) is 5.02. The Morgan fingerprint density at radius 3 is 3.00 bits per heavy atom. The lowest BCUT2D eigenvalue weighted by Crippen LogP contribution is -2.03. The zero-order valence-corrected chi connectivity index (χ0v) is 8.66. The van der Waals surface area contributed by atoms with E-state index in [1.165, 1.54) is 0 Å². The minimum Gasteiger partial charge on any atom is -0.478 e. The molecule has 15 heavy (non-hydrogen) atoms. The molecule has 0 aliphatic rings. The molecule has 0 saturated heterocycles. The Morgan fingerprint density at radius 2 is 2.27 bits per heavy atom. The molecule has 2 aromatic heterocycles. The number of hydrogen-bond acceptors (Lipinski definition) is 4. The van der Waals surface area contributed by atoms with Gasteiger partial charge < -0.3 is 15.5 Å². The molecular weight excluding hydrogens is 192 g/mol. The fraction of sp³-hybridized carbons (Fsp3) is 0.400. The summed E-state index contributed by atoms with van der Waals surface area (Å²) in [7, 11) is 0. The molecule has 0 aromatic carbocycles. The van der Waals surface area contributed by atoms with Crippen LogP contribution < -0.4 is 10.5 Å². The zero-order valence-electron chi connectivity index (χ0n) is 8.66. The Balaban J connectivity index is 2.34. The number of nitrogens with two attached hydrogens (primary N) is 1. The number of aromatic nitrogens is 3. The number of pyridine rings is 1. The van der Waals surface area contributed by atoms with Crippen molar-refractivity contribution in [2.75, 3.05) is 13.2 Å². The van der Waals surface area contributed by atoms with E-state index in [0.717, 1.165) is 17.8 Å². The van der Waals surface area contributed by atoms with Crippen LogP contribution in [0.1, 0.15) is 12.7 Å². The number of hydrogen-bond donors (Lipinski definition) is 2. The smallest absolute Gasteiger partial charge is 0.215 e. The Hall–Kier alpha value is -1.62. The number of nitrogens with one attached hydrogen (secondary N) is 1. The molecule has 0 radical (unpaired) electrons. The van der Waals surface area contributed by atoms with Crippen LogP contribution in [0.2, 0.25) is 0 Å². The van der Waals surface area contributed by atoms with Gasteiger partial charge in [-0.3, -0.25) is 0 Å². The summed E-state index contributed by atoms with van der Waals surface area (Å²) in [6.07, 6.45) is 0.736. The molecule has 0 saturated carbocycles. The molecule has 0 atom stereocenters. The topological polar surface area (TPSA) is 76.8 Å². The number of nitrogens with zero attached hydrogens (tertiary/aromatic N) is 2.